The summed E-state index contributed by atoms with van der Waals surface area (Å²) in [5.41, 5.74) is 0.716. The van der Waals surface area contributed by atoms with Crippen LogP contribution in [0.2, 0.25) is 0 Å². The number of hydrogen-bond acceptors (Lipinski definition) is 4. The van der Waals surface area contributed by atoms with Crippen molar-refractivity contribution in [2.75, 3.05) is 14.2 Å². The minimum absolute atomic E-state index is 0.234. The number of methoxy groups -OCH3 is 2. The highest BCUT2D eigenvalue weighted by atomic mass is 79.9. The summed E-state index contributed by atoms with van der Waals surface area (Å²) in [6.45, 7) is 0. The molecule has 0 fully saturated rings. The van der Waals surface area contributed by atoms with Gasteiger partial charge in [-0.1, -0.05) is 6.07 Å². The minimum Gasteiger partial charge on any atom is -0.496 e. The molecule has 1 aromatic heterocycles. The zero-order valence-electron chi connectivity index (χ0n) is 10.5. The molecule has 0 atom stereocenters. The molecule has 0 saturated heterocycles. The first-order valence-corrected chi connectivity index (χ1v) is 6.34. The fourth-order valence-corrected chi connectivity index (χ4v) is 1.95. The molecule has 0 spiro atoms. The summed E-state index contributed by atoms with van der Waals surface area (Å²) in [6.07, 6.45) is 1.58. The Kier molecular flexibility index (Phi) is 4.16. The Hall–Kier alpha value is -1.88. The third-order valence-electron chi connectivity index (χ3n) is 2.61. The Balaban J connectivity index is 2.51. The lowest BCUT2D eigenvalue weighted by Gasteiger charge is -2.11. The predicted molar refractivity (Wildman–Crippen MR) is 74.9 cm³/mol. The Morgan fingerprint density at radius 3 is 2.21 bits per heavy atom. The van der Waals surface area contributed by atoms with Crippen LogP contribution in [0.3, 0.4) is 0 Å². The molecule has 2 rings (SSSR count). The van der Waals surface area contributed by atoms with Gasteiger partial charge in [-0.05, 0) is 40.2 Å². The largest absolute Gasteiger partial charge is 0.496 e. The molecule has 4 nitrogen and oxygen atoms in total. The zero-order valence-corrected chi connectivity index (χ0v) is 12.1. The number of carbonyl (C=O) groups excluding carboxylic acids is 1. The summed E-state index contributed by atoms with van der Waals surface area (Å²) in [5, 5.41) is 0. The molecule has 0 aliphatic rings. The third-order valence-corrected chi connectivity index (χ3v) is 3.08. The second-order valence-corrected chi connectivity index (χ2v) is 4.64. The second-order valence-electron chi connectivity index (χ2n) is 3.73. The number of benzene rings is 1. The minimum atomic E-state index is -0.234. The molecule has 0 unspecified atom stereocenters. The fourth-order valence-electron chi connectivity index (χ4n) is 1.71. The summed E-state index contributed by atoms with van der Waals surface area (Å²) >= 11 is 3.28. The molecule has 0 aliphatic heterocycles. The molecule has 19 heavy (non-hydrogen) atoms. The van der Waals surface area contributed by atoms with E-state index in [2.05, 4.69) is 20.9 Å². The van der Waals surface area contributed by atoms with Crippen molar-refractivity contribution in [1.29, 1.82) is 0 Å². The van der Waals surface area contributed by atoms with Gasteiger partial charge in [0.25, 0.3) is 0 Å². The van der Waals surface area contributed by atoms with E-state index in [0.29, 0.717) is 22.8 Å². The predicted octanol–water partition coefficient (Wildman–Crippen LogP) is 3.09. The van der Waals surface area contributed by atoms with Gasteiger partial charge in [0.2, 0.25) is 5.78 Å². The molecule has 1 aromatic carbocycles. The molecule has 0 saturated carbocycles. The van der Waals surface area contributed by atoms with Gasteiger partial charge >= 0.3 is 0 Å². The molecule has 1 heterocycles. The monoisotopic (exact) mass is 321 g/mol. The highest BCUT2D eigenvalue weighted by molar-refractivity contribution is 9.10. The van der Waals surface area contributed by atoms with E-state index in [1.165, 1.54) is 14.2 Å². The number of halogens is 1. The number of aromatic nitrogens is 1. The van der Waals surface area contributed by atoms with Crippen LogP contribution in [0, 0.1) is 0 Å². The third kappa shape index (κ3) is 2.76. The Bertz CT molecular complexity index is 574. The highest BCUT2D eigenvalue weighted by Gasteiger charge is 2.20. The Labute approximate surface area is 119 Å². The van der Waals surface area contributed by atoms with Crippen molar-refractivity contribution in [3.63, 3.8) is 0 Å². The number of rotatable bonds is 4. The van der Waals surface area contributed by atoms with E-state index in [0.717, 1.165) is 4.47 Å². The molecule has 0 N–H and O–H groups in total. The van der Waals surface area contributed by atoms with Crippen molar-refractivity contribution in [2.24, 2.45) is 0 Å². The molecule has 0 aliphatic carbocycles. The number of ether oxygens (including phenoxy) is 2. The van der Waals surface area contributed by atoms with E-state index in [1.807, 2.05) is 0 Å². The molecule has 0 radical (unpaired) electrons. The smallest absolute Gasteiger partial charge is 0.218 e. The summed E-state index contributed by atoms with van der Waals surface area (Å²) in [4.78, 5) is 16.6. The van der Waals surface area contributed by atoms with Gasteiger partial charge in [-0.25, -0.2) is 0 Å². The van der Waals surface area contributed by atoms with Crippen LogP contribution >= 0.6 is 15.9 Å². The van der Waals surface area contributed by atoms with E-state index in [4.69, 9.17) is 9.47 Å². The van der Waals surface area contributed by atoms with E-state index in [1.54, 1.807) is 36.5 Å². The van der Waals surface area contributed by atoms with Gasteiger partial charge in [-0.2, -0.15) is 0 Å². The molecule has 0 bridgehead atoms. The van der Waals surface area contributed by atoms with E-state index < -0.39 is 0 Å². The standard InChI is InChI=1S/C14H12BrNO3/c1-18-11-4-3-5-12(19-2)13(11)14(17)10-7-6-9(15)8-16-10/h3-8H,1-2H3. The maximum Gasteiger partial charge on any atom is 0.218 e. The van der Waals surface area contributed by atoms with Gasteiger partial charge in [0, 0.05) is 10.7 Å². The molecular weight excluding hydrogens is 310 g/mol. The summed E-state index contributed by atoms with van der Waals surface area (Å²) in [5.74, 6) is 0.699. The average molecular weight is 322 g/mol. The van der Waals surface area contributed by atoms with Crippen molar-refractivity contribution in [3.8, 4) is 11.5 Å². The fraction of sp³-hybridized carbons (Fsp3) is 0.143. The second kappa shape index (κ2) is 5.84. The molecule has 98 valence electrons. The van der Waals surface area contributed by atoms with E-state index >= 15 is 0 Å². The molecular formula is C14H12BrNO3. The maximum atomic E-state index is 12.5. The highest BCUT2D eigenvalue weighted by Crippen LogP contribution is 2.30. The maximum absolute atomic E-state index is 12.5. The van der Waals surface area contributed by atoms with Crippen LogP contribution in [0.4, 0.5) is 0 Å². The van der Waals surface area contributed by atoms with Gasteiger partial charge in [-0.3, -0.25) is 9.78 Å². The molecule has 0 amide bonds. The van der Waals surface area contributed by atoms with E-state index in [-0.39, 0.29) is 5.78 Å². The number of hydrogen-bond donors (Lipinski definition) is 0. The Morgan fingerprint density at radius 2 is 1.74 bits per heavy atom. The van der Waals surface area contributed by atoms with Crippen LogP contribution < -0.4 is 9.47 Å². The lowest BCUT2D eigenvalue weighted by Crippen LogP contribution is -2.08. The van der Waals surface area contributed by atoms with Crippen LogP contribution in [0.15, 0.2) is 41.0 Å². The van der Waals surface area contributed by atoms with Gasteiger partial charge in [0.15, 0.2) is 0 Å². The average Bonchev–Trinajstić information content (AvgIpc) is 2.46. The van der Waals surface area contributed by atoms with Crippen LogP contribution in [0.1, 0.15) is 16.1 Å². The van der Waals surface area contributed by atoms with Crippen LogP contribution in [0.5, 0.6) is 11.5 Å². The Morgan fingerprint density at radius 1 is 1.11 bits per heavy atom. The number of pyridine rings is 1. The number of carbonyl (C=O) groups is 1. The normalized spacial score (nSPS) is 10.1. The van der Waals surface area contributed by atoms with Gasteiger partial charge in [-0.15, -0.1) is 0 Å². The first-order valence-electron chi connectivity index (χ1n) is 5.54. The summed E-state index contributed by atoms with van der Waals surface area (Å²) < 4.78 is 11.2. The number of nitrogens with zero attached hydrogens (tertiary/aromatic N) is 1. The first kappa shape index (κ1) is 13.5. The van der Waals surface area contributed by atoms with Gasteiger partial charge in [0.05, 0.1) is 14.2 Å². The van der Waals surface area contributed by atoms with Crippen molar-refractivity contribution in [2.45, 2.75) is 0 Å². The SMILES string of the molecule is COc1cccc(OC)c1C(=O)c1ccc(Br)cn1. The van der Waals surface area contributed by atoms with Crippen LogP contribution in [0.25, 0.3) is 0 Å². The van der Waals surface area contributed by atoms with Gasteiger partial charge in [0.1, 0.15) is 22.8 Å². The molecule has 2 aromatic rings. The van der Waals surface area contributed by atoms with E-state index in [9.17, 15) is 4.79 Å². The topological polar surface area (TPSA) is 48.4 Å². The molecule has 5 heteroatoms. The lowest BCUT2D eigenvalue weighted by molar-refractivity contribution is 0.102. The summed E-state index contributed by atoms with van der Waals surface area (Å²) in [7, 11) is 3.03. The van der Waals surface area contributed by atoms with Crippen LogP contribution in [-0.4, -0.2) is 25.0 Å². The van der Waals surface area contributed by atoms with Crippen LogP contribution in [-0.2, 0) is 0 Å². The first-order chi connectivity index (χ1) is 9.17. The van der Waals surface area contributed by atoms with Gasteiger partial charge < -0.3 is 9.47 Å². The van der Waals surface area contributed by atoms with Crippen molar-refractivity contribution < 1.29 is 14.3 Å². The van der Waals surface area contributed by atoms with Crippen molar-refractivity contribution in [3.05, 3.63) is 52.3 Å². The van der Waals surface area contributed by atoms with Crippen molar-refractivity contribution in [1.82, 2.24) is 4.98 Å². The summed E-state index contributed by atoms with van der Waals surface area (Å²) in [6, 6.07) is 8.62. The van der Waals surface area contributed by atoms with Crippen molar-refractivity contribution >= 4 is 21.7 Å². The zero-order chi connectivity index (χ0) is 13.8. The quantitative estimate of drug-likeness (QED) is 0.812. The number of ketones is 1. The lowest BCUT2D eigenvalue weighted by atomic mass is 10.1.